The van der Waals surface area contributed by atoms with Crippen molar-refractivity contribution in [2.75, 3.05) is 11.1 Å². The monoisotopic (exact) mass is 258 g/mol. The highest BCUT2D eigenvalue weighted by Crippen LogP contribution is 2.17. The topological polar surface area (TPSA) is 74.7 Å². The van der Waals surface area contributed by atoms with Gasteiger partial charge < -0.3 is 11.1 Å². The molecule has 0 aliphatic rings. The van der Waals surface area contributed by atoms with Crippen molar-refractivity contribution in [3.63, 3.8) is 0 Å². The summed E-state index contributed by atoms with van der Waals surface area (Å²) < 4.78 is 0. The number of benzene rings is 1. The Kier molecular flexibility index (Phi) is 3.66. The minimum Gasteiger partial charge on any atom is -0.396 e. The minimum atomic E-state index is 0.449. The van der Waals surface area contributed by atoms with Gasteiger partial charge in [-0.15, -0.1) is 0 Å². The molecule has 0 aliphatic heterocycles. The summed E-state index contributed by atoms with van der Waals surface area (Å²) in [4.78, 5) is 4.10. The van der Waals surface area contributed by atoms with Gasteiger partial charge in [-0.25, -0.2) is 4.98 Å². The Balaban J connectivity index is 2.06. The molecule has 4 nitrogen and oxygen atoms in total. The van der Waals surface area contributed by atoms with Crippen LogP contribution in [0.2, 0.25) is 5.02 Å². The average molecular weight is 259 g/mol. The fourth-order valence-corrected chi connectivity index (χ4v) is 1.60. The van der Waals surface area contributed by atoms with Gasteiger partial charge in [-0.3, -0.25) is 0 Å². The molecular formula is C13H11ClN4. The van der Waals surface area contributed by atoms with E-state index in [1.165, 1.54) is 6.20 Å². The molecule has 0 saturated heterocycles. The maximum atomic E-state index is 8.71. The second kappa shape index (κ2) is 5.39. The number of nitrogen functional groups attached to an aromatic ring is 1. The number of hydrogen-bond donors (Lipinski definition) is 2. The molecule has 0 spiro atoms. The normalized spacial score (nSPS) is 9.78. The van der Waals surface area contributed by atoms with Crippen LogP contribution in [0, 0.1) is 11.3 Å². The molecule has 0 bridgehead atoms. The number of pyridine rings is 1. The highest BCUT2D eigenvalue weighted by Gasteiger charge is 2.02. The first kappa shape index (κ1) is 12.2. The quantitative estimate of drug-likeness (QED) is 0.888. The van der Waals surface area contributed by atoms with Crippen molar-refractivity contribution < 1.29 is 0 Å². The lowest BCUT2D eigenvalue weighted by molar-refractivity contribution is 1.11. The van der Waals surface area contributed by atoms with Gasteiger partial charge in [0.1, 0.15) is 11.9 Å². The van der Waals surface area contributed by atoms with Crippen LogP contribution in [0.4, 0.5) is 11.5 Å². The Morgan fingerprint density at radius 2 is 2.06 bits per heavy atom. The van der Waals surface area contributed by atoms with Gasteiger partial charge in [-0.05, 0) is 23.8 Å². The largest absolute Gasteiger partial charge is 0.396 e. The molecule has 3 N–H and O–H groups in total. The van der Waals surface area contributed by atoms with Gasteiger partial charge in [0.25, 0.3) is 0 Å². The number of hydrogen-bond acceptors (Lipinski definition) is 4. The molecule has 18 heavy (non-hydrogen) atoms. The van der Waals surface area contributed by atoms with Crippen LogP contribution in [0.15, 0.2) is 36.5 Å². The predicted molar refractivity (Wildman–Crippen MR) is 72.1 cm³/mol. The maximum absolute atomic E-state index is 8.71. The number of nitrogens with two attached hydrogens (primary N) is 1. The van der Waals surface area contributed by atoms with E-state index in [-0.39, 0.29) is 0 Å². The fourth-order valence-electron chi connectivity index (χ4n) is 1.48. The number of nitrogens with one attached hydrogen (secondary N) is 1. The van der Waals surface area contributed by atoms with Gasteiger partial charge in [0.05, 0.1) is 11.3 Å². The van der Waals surface area contributed by atoms with E-state index >= 15 is 0 Å². The average Bonchev–Trinajstić information content (AvgIpc) is 2.39. The molecule has 0 aliphatic carbocycles. The zero-order valence-corrected chi connectivity index (χ0v) is 10.3. The number of nitriles is 1. The first-order chi connectivity index (χ1) is 8.69. The third-order valence-corrected chi connectivity index (χ3v) is 2.67. The van der Waals surface area contributed by atoms with Crippen LogP contribution in [0.5, 0.6) is 0 Å². The molecule has 1 aromatic heterocycles. The van der Waals surface area contributed by atoms with Crippen molar-refractivity contribution in [1.82, 2.24) is 4.98 Å². The maximum Gasteiger partial charge on any atom is 0.149 e. The molecule has 5 heteroatoms. The summed E-state index contributed by atoms with van der Waals surface area (Å²) in [6.07, 6.45) is 1.49. The van der Waals surface area contributed by atoms with Crippen LogP contribution in [-0.2, 0) is 6.54 Å². The Labute approximate surface area is 110 Å². The Bertz CT molecular complexity index is 587. The molecule has 0 fully saturated rings. The third-order valence-electron chi connectivity index (χ3n) is 2.42. The molecule has 0 radical (unpaired) electrons. The highest BCUT2D eigenvalue weighted by molar-refractivity contribution is 6.30. The van der Waals surface area contributed by atoms with E-state index in [4.69, 9.17) is 22.6 Å². The first-order valence-electron chi connectivity index (χ1n) is 5.33. The van der Waals surface area contributed by atoms with Gasteiger partial charge in [0, 0.05) is 17.8 Å². The van der Waals surface area contributed by atoms with Crippen molar-refractivity contribution in [2.45, 2.75) is 6.54 Å². The second-order valence-electron chi connectivity index (χ2n) is 3.75. The number of halogens is 1. The molecular weight excluding hydrogens is 248 g/mol. The van der Waals surface area contributed by atoms with Crippen molar-refractivity contribution in [1.29, 1.82) is 5.26 Å². The summed E-state index contributed by atoms with van der Waals surface area (Å²) in [5, 5.41) is 12.5. The fraction of sp³-hybridized carbons (Fsp3) is 0.0769. The summed E-state index contributed by atoms with van der Waals surface area (Å²) in [6.45, 7) is 0.597. The molecule has 0 atom stereocenters. The van der Waals surface area contributed by atoms with Crippen molar-refractivity contribution >= 4 is 23.1 Å². The van der Waals surface area contributed by atoms with E-state index in [0.717, 1.165) is 5.56 Å². The van der Waals surface area contributed by atoms with E-state index in [2.05, 4.69) is 10.3 Å². The third kappa shape index (κ3) is 2.90. The Morgan fingerprint density at radius 3 is 2.67 bits per heavy atom. The number of anilines is 2. The predicted octanol–water partition coefficient (Wildman–Crippen LogP) is 2.80. The zero-order chi connectivity index (χ0) is 13.0. The van der Waals surface area contributed by atoms with Crippen LogP contribution >= 0.6 is 11.6 Å². The van der Waals surface area contributed by atoms with Crippen molar-refractivity contribution in [3.05, 3.63) is 52.7 Å². The van der Waals surface area contributed by atoms with Crippen LogP contribution < -0.4 is 11.1 Å². The van der Waals surface area contributed by atoms with Gasteiger partial charge in [-0.1, -0.05) is 23.7 Å². The molecule has 2 rings (SSSR count). The summed E-state index contributed by atoms with van der Waals surface area (Å²) >= 11 is 5.80. The first-order valence-corrected chi connectivity index (χ1v) is 5.71. The highest BCUT2D eigenvalue weighted by atomic mass is 35.5. The summed E-state index contributed by atoms with van der Waals surface area (Å²) in [7, 11) is 0. The van der Waals surface area contributed by atoms with Gasteiger partial charge in [-0.2, -0.15) is 5.26 Å². The molecule has 0 unspecified atom stereocenters. The standard InChI is InChI=1S/C13H11ClN4/c14-11-3-1-9(2-4-11)7-17-13-12(16)5-10(6-15)8-18-13/h1-5,8H,7,16H2,(H,17,18). The van der Waals surface area contributed by atoms with Gasteiger partial charge in [0.2, 0.25) is 0 Å². The van der Waals surface area contributed by atoms with E-state index in [1.807, 2.05) is 30.3 Å². The molecule has 2 aromatic rings. The van der Waals surface area contributed by atoms with Crippen LogP contribution in [0.1, 0.15) is 11.1 Å². The van der Waals surface area contributed by atoms with Crippen LogP contribution in [0.25, 0.3) is 0 Å². The minimum absolute atomic E-state index is 0.449. The number of aromatic nitrogens is 1. The summed E-state index contributed by atoms with van der Waals surface area (Å²) in [5.74, 6) is 0.573. The number of rotatable bonds is 3. The Morgan fingerprint density at radius 1 is 1.33 bits per heavy atom. The SMILES string of the molecule is N#Cc1cnc(NCc2ccc(Cl)cc2)c(N)c1. The molecule has 0 amide bonds. The second-order valence-corrected chi connectivity index (χ2v) is 4.19. The van der Waals surface area contributed by atoms with Crippen LogP contribution in [-0.4, -0.2) is 4.98 Å². The zero-order valence-electron chi connectivity index (χ0n) is 9.52. The van der Waals surface area contributed by atoms with E-state index in [9.17, 15) is 0 Å². The van der Waals surface area contributed by atoms with Crippen molar-refractivity contribution in [3.8, 4) is 6.07 Å². The van der Waals surface area contributed by atoms with Gasteiger partial charge >= 0.3 is 0 Å². The lowest BCUT2D eigenvalue weighted by Crippen LogP contribution is -2.04. The smallest absolute Gasteiger partial charge is 0.149 e. The van der Waals surface area contributed by atoms with Crippen LogP contribution in [0.3, 0.4) is 0 Å². The van der Waals surface area contributed by atoms with E-state index in [0.29, 0.717) is 28.6 Å². The van der Waals surface area contributed by atoms with Gasteiger partial charge in [0.15, 0.2) is 0 Å². The van der Waals surface area contributed by atoms with E-state index in [1.54, 1.807) is 6.07 Å². The molecule has 90 valence electrons. The molecule has 1 aromatic carbocycles. The molecule has 1 heterocycles. The summed E-state index contributed by atoms with van der Waals surface area (Å²) in [6, 6.07) is 11.1. The van der Waals surface area contributed by atoms with E-state index < -0.39 is 0 Å². The van der Waals surface area contributed by atoms with Crippen molar-refractivity contribution in [2.24, 2.45) is 0 Å². The lowest BCUT2D eigenvalue weighted by atomic mass is 10.2. The number of nitrogens with zero attached hydrogens (tertiary/aromatic N) is 2. The lowest BCUT2D eigenvalue weighted by Gasteiger charge is -2.08. The Hall–Kier alpha value is -2.25. The molecule has 0 saturated carbocycles. The summed E-state index contributed by atoms with van der Waals surface area (Å²) in [5.41, 5.74) is 7.77.